The summed E-state index contributed by atoms with van der Waals surface area (Å²) in [6.07, 6.45) is 6.38. The quantitative estimate of drug-likeness (QED) is 0.900. The van der Waals surface area contributed by atoms with Crippen molar-refractivity contribution in [2.45, 2.75) is 12.8 Å². The highest BCUT2D eigenvalue weighted by atomic mass is 32.2. The first-order valence-corrected chi connectivity index (χ1v) is 9.52. The summed E-state index contributed by atoms with van der Waals surface area (Å²) in [5.41, 5.74) is 1.80. The summed E-state index contributed by atoms with van der Waals surface area (Å²) in [4.78, 5) is 23.0. The van der Waals surface area contributed by atoms with E-state index in [1.165, 1.54) is 0 Å². The van der Waals surface area contributed by atoms with Gasteiger partial charge in [-0.2, -0.15) is 0 Å². The van der Waals surface area contributed by atoms with Crippen LogP contribution >= 0.6 is 0 Å². The van der Waals surface area contributed by atoms with Gasteiger partial charge in [0.25, 0.3) is 5.91 Å². The van der Waals surface area contributed by atoms with E-state index < -0.39 is 15.9 Å². The molecule has 0 unspecified atom stereocenters. The molecule has 2 aromatic rings. The summed E-state index contributed by atoms with van der Waals surface area (Å²) in [6, 6.07) is 7.02. The van der Waals surface area contributed by atoms with Crippen molar-refractivity contribution in [2.75, 3.05) is 24.2 Å². The third kappa shape index (κ3) is 3.70. The van der Waals surface area contributed by atoms with Crippen LogP contribution in [0.4, 0.5) is 5.82 Å². The van der Waals surface area contributed by atoms with E-state index in [0.29, 0.717) is 11.5 Å². The van der Waals surface area contributed by atoms with Crippen molar-refractivity contribution in [2.24, 2.45) is 0 Å². The van der Waals surface area contributed by atoms with Crippen molar-refractivity contribution in [3.63, 3.8) is 0 Å². The monoisotopic (exact) mass is 346 g/mol. The number of hydrogen-bond donors (Lipinski definition) is 1. The van der Waals surface area contributed by atoms with E-state index in [2.05, 4.69) is 9.97 Å². The van der Waals surface area contributed by atoms with Crippen LogP contribution in [0.5, 0.6) is 0 Å². The Morgan fingerprint density at radius 1 is 1.21 bits per heavy atom. The molecular formula is C16H18N4O3S. The highest BCUT2D eigenvalue weighted by molar-refractivity contribution is 7.89. The van der Waals surface area contributed by atoms with Crippen LogP contribution < -0.4 is 9.62 Å². The molecule has 3 heterocycles. The zero-order valence-corrected chi connectivity index (χ0v) is 14.1. The minimum Gasteiger partial charge on any atom is -0.356 e. The van der Waals surface area contributed by atoms with E-state index in [0.717, 1.165) is 37.8 Å². The number of anilines is 1. The normalized spacial score (nSPS) is 14.6. The second kappa shape index (κ2) is 6.56. The van der Waals surface area contributed by atoms with Gasteiger partial charge in [0.2, 0.25) is 10.0 Å². The molecule has 24 heavy (non-hydrogen) atoms. The van der Waals surface area contributed by atoms with Crippen LogP contribution in [-0.4, -0.2) is 43.6 Å². The molecule has 3 rings (SSSR count). The second-order valence-electron chi connectivity index (χ2n) is 5.71. The highest BCUT2D eigenvalue weighted by Gasteiger charge is 2.23. The standard InChI is InChI=1S/C16H18N4O3S/c1-24(22,23)19-16(21)13-6-7-14(12-5-4-8-17-11-12)18-15(13)20-9-2-3-10-20/h4-8,11H,2-3,9-10H2,1H3,(H,19,21). The first kappa shape index (κ1) is 16.4. The molecule has 0 aromatic carbocycles. The Labute approximate surface area is 140 Å². The summed E-state index contributed by atoms with van der Waals surface area (Å²) in [5, 5.41) is 0. The second-order valence-corrected chi connectivity index (χ2v) is 7.46. The predicted molar refractivity (Wildman–Crippen MR) is 91.2 cm³/mol. The molecule has 7 nitrogen and oxygen atoms in total. The molecule has 1 aliphatic rings. The molecule has 8 heteroatoms. The summed E-state index contributed by atoms with van der Waals surface area (Å²) < 4.78 is 24.7. The van der Waals surface area contributed by atoms with Gasteiger partial charge in [-0.1, -0.05) is 0 Å². The van der Waals surface area contributed by atoms with Gasteiger partial charge in [0.15, 0.2) is 0 Å². The van der Waals surface area contributed by atoms with E-state index in [1.807, 2.05) is 21.8 Å². The van der Waals surface area contributed by atoms with E-state index in [-0.39, 0.29) is 5.56 Å². The summed E-state index contributed by atoms with van der Waals surface area (Å²) in [5.74, 6) is -0.153. The van der Waals surface area contributed by atoms with Crippen LogP contribution in [0.1, 0.15) is 23.2 Å². The zero-order valence-electron chi connectivity index (χ0n) is 13.3. The topological polar surface area (TPSA) is 92.3 Å². The highest BCUT2D eigenvalue weighted by Crippen LogP contribution is 2.26. The molecule has 1 N–H and O–H groups in total. The lowest BCUT2D eigenvalue weighted by atomic mass is 10.1. The molecule has 126 valence electrons. The van der Waals surface area contributed by atoms with Gasteiger partial charge in [0, 0.05) is 31.0 Å². The van der Waals surface area contributed by atoms with Gasteiger partial charge in [-0.05, 0) is 37.1 Å². The van der Waals surface area contributed by atoms with Gasteiger partial charge in [-0.25, -0.2) is 18.1 Å². The van der Waals surface area contributed by atoms with E-state index in [1.54, 1.807) is 24.5 Å². The molecule has 0 atom stereocenters. The van der Waals surface area contributed by atoms with Crippen molar-refractivity contribution in [3.05, 3.63) is 42.2 Å². The number of carbonyl (C=O) groups is 1. The van der Waals surface area contributed by atoms with Crippen LogP contribution in [0.2, 0.25) is 0 Å². The number of nitrogens with zero attached hydrogens (tertiary/aromatic N) is 3. The lowest BCUT2D eigenvalue weighted by Crippen LogP contribution is -2.32. The molecule has 0 radical (unpaired) electrons. The van der Waals surface area contributed by atoms with Gasteiger partial charge in [-0.15, -0.1) is 0 Å². The largest absolute Gasteiger partial charge is 0.356 e. The molecule has 0 bridgehead atoms. The van der Waals surface area contributed by atoms with Crippen LogP contribution in [-0.2, 0) is 10.0 Å². The number of nitrogens with one attached hydrogen (secondary N) is 1. The van der Waals surface area contributed by atoms with E-state index in [9.17, 15) is 13.2 Å². The lowest BCUT2D eigenvalue weighted by Gasteiger charge is -2.20. The summed E-state index contributed by atoms with van der Waals surface area (Å²) >= 11 is 0. The average Bonchev–Trinajstić information content (AvgIpc) is 3.08. The average molecular weight is 346 g/mol. The van der Waals surface area contributed by atoms with Crippen molar-refractivity contribution >= 4 is 21.7 Å². The Balaban J connectivity index is 2.03. The Bertz CT molecular complexity index is 847. The third-order valence-corrected chi connectivity index (χ3v) is 4.32. The van der Waals surface area contributed by atoms with Gasteiger partial charge in [-0.3, -0.25) is 9.78 Å². The van der Waals surface area contributed by atoms with E-state index in [4.69, 9.17) is 0 Å². The Kier molecular flexibility index (Phi) is 4.48. The molecule has 1 amide bonds. The van der Waals surface area contributed by atoms with Crippen molar-refractivity contribution in [3.8, 4) is 11.3 Å². The first-order valence-electron chi connectivity index (χ1n) is 7.62. The van der Waals surface area contributed by atoms with Crippen molar-refractivity contribution in [1.82, 2.24) is 14.7 Å². The number of rotatable bonds is 4. The number of carbonyl (C=O) groups excluding carboxylic acids is 1. The number of hydrogen-bond acceptors (Lipinski definition) is 6. The molecular weight excluding hydrogens is 328 g/mol. The Morgan fingerprint density at radius 2 is 1.96 bits per heavy atom. The molecule has 0 spiro atoms. The minimum atomic E-state index is -3.63. The maximum Gasteiger partial charge on any atom is 0.268 e. The van der Waals surface area contributed by atoms with Crippen molar-refractivity contribution in [1.29, 1.82) is 0 Å². The maximum absolute atomic E-state index is 12.3. The summed E-state index contributed by atoms with van der Waals surface area (Å²) in [7, 11) is -3.63. The van der Waals surface area contributed by atoms with Gasteiger partial charge < -0.3 is 4.90 Å². The Hall–Kier alpha value is -2.48. The van der Waals surface area contributed by atoms with Crippen LogP contribution in [0, 0.1) is 0 Å². The number of amides is 1. The molecule has 0 aliphatic carbocycles. The fourth-order valence-corrected chi connectivity index (χ4v) is 3.14. The maximum atomic E-state index is 12.3. The van der Waals surface area contributed by atoms with Gasteiger partial charge >= 0.3 is 0 Å². The molecule has 2 aromatic heterocycles. The number of pyridine rings is 2. The predicted octanol–water partition coefficient (Wildman–Crippen LogP) is 1.43. The lowest BCUT2D eigenvalue weighted by molar-refractivity contribution is 0.0982. The van der Waals surface area contributed by atoms with E-state index >= 15 is 0 Å². The van der Waals surface area contributed by atoms with Crippen LogP contribution in [0.15, 0.2) is 36.7 Å². The fourth-order valence-electron chi connectivity index (χ4n) is 2.69. The van der Waals surface area contributed by atoms with Crippen molar-refractivity contribution < 1.29 is 13.2 Å². The fraction of sp³-hybridized carbons (Fsp3) is 0.312. The minimum absolute atomic E-state index is 0.259. The summed E-state index contributed by atoms with van der Waals surface area (Å²) in [6.45, 7) is 1.59. The Morgan fingerprint density at radius 3 is 2.58 bits per heavy atom. The van der Waals surface area contributed by atoms with Gasteiger partial charge in [0.05, 0.1) is 17.5 Å². The number of sulfonamides is 1. The van der Waals surface area contributed by atoms with Crippen LogP contribution in [0.3, 0.4) is 0 Å². The molecule has 0 saturated carbocycles. The van der Waals surface area contributed by atoms with Crippen LogP contribution in [0.25, 0.3) is 11.3 Å². The third-order valence-electron chi connectivity index (χ3n) is 3.76. The zero-order chi connectivity index (χ0) is 17.2. The molecule has 1 fully saturated rings. The smallest absolute Gasteiger partial charge is 0.268 e. The molecule has 1 aliphatic heterocycles. The SMILES string of the molecule is CS(=O)(=O)NC(=O)c1ccc(-c2cccnc2)nc1N1CCCC1. The van der Waals surface area contributed by atoms with Gasteiger partial charge in [0.1, 0.15) is 5.82 Å². The number of aromatic nitrogens is 2. The first-order chi connectivity index (χ1) is 11.4. The molecule has 1 saturated heterocycles.